The van der Waals surface area contributed by atoms with Gasteiger partial charge in [-0.25, -0.2) is 9.59 Å². The zero-order valence-corrected chi connectivity index (χ0v) is 21.2. The van der Waals surface area contributed by atoms with Crippen molar-refractivity contribution in [1.29, 1.82) is 0 Å². The number of benzene rings is 2. The van der Waals surface area contributed by atoms with E-state index in [0.717, 1.165) is 0 Å². The van der Waals surface area contributed by atoms with E-state index in [1.807, 2.05) is 0 Å². The van der Waals surface area contributed by atoms with Crippen LogP contribution in [0.1, 0.15) is 0 Å². The number of halogens is 6. The van der Waals surface area contributed by atoms with Crippen LogP contribution in [0.2, 0.25) is 20.1 Å². The van der Waals surface area contributed by atoms with Crippen molar-refractivity contribution in [2.24, 2.45) is 11.8 Å². The monoisotopic (exact) mass is 574 g/mol. The van der Waals surface area contributed by atoms with Gasteiger partial charge in [-0.15, -0.1) is 23.2 Å². The molecule has 2 aromatic carbocycles. The van der Waals surface area contributed by atoms with Crippen molar-refractivity contribution in [2.75, 3.05) is 26.4 Å². The minimum atomic E-state index is -1.19. The van der Waals surface area contributed by atoms with E-state index in [0.29, 0.717) is 21.5 Å². The first kappa shape index (κ1) is 26.3. The molecule has 2 atom stereocenters. The second-order valence-corrected chi connectivity index (χ2v) is 10.1. The molecule has 3 rings (SSSR count). The zero-order valence-electron chi connectivity index (χ0n) is 16.7. The number of carbonyl (C=O) groups excluding carboxylic acids is 2. The molecule has 33 heavy (non-hydrogen) atoms. The van der Waals surface area contributed by atoms with Crippen LogP contribution < -0.4 is 9.47 Å². The van der Waals surface area contributed by atoms with Gasteiger partial charge in [-0.2, -0.15) is 0 Å². The first-order valence-corrected chi connectivity index (χ1v) is 11.7. The predicted octanol–water partition coefficient (Wildman–Crippen LogP) is 6.26. The molecule has 1 aliphatic rings. The van der Waals surface area contributed by atoms with Gasteiger partial charge >= 0.3 is 11.9 Å². The van der Waals surface area contributed by atoms with Crippen molar-refractivity contribution in [3.05, 3.63) is 56.5 Å². The first-order chi connectivity index (χ1) is 15.6. The number of carbonyl (C=O) groups is 2. The Morgan fingerprint density at radius 3 is 1.48 bits per heavy atom. The Bertz CT molecular complexity index is 951. The second kappa shape index (κ2) is 11.4. The van der Waals surface area contributed by atoms with Crippen LogP contribution in [0.25, 0.3) is 0 Å². The molecule has 0 aromatic heterocycles. The van der Waals surface area contributed by atoms with Crippen molar-refractivity contribution >= 4 is 81.5 Å². The van der Waals surface area contributed by atoms with Gasteiger partial charge in [0, 0.05) is 21.9 Å². The Hall–Kier alpha value is -1.28. The molecule has 1 saturated carbocycles. The highest BCUT2D eigenvalue weighted by molar-refractivity contribution is 6.51. The number of hydrogen-bond donors (Lipinski definition) is 0. The van der Waals surface area contributed by atoms with Crippen molar-refractivity contribution in [3.8, 4) is 11.5 Å². The van der Waals surface area contributed by atoms with Gasteiger partial charge < -0.3 is 18.9 Å². The number of esters is 2. The fourth-order valence-corrected chi connectivity index (χ4v) is 4.48. The van der Waals surface area contributed by atoms with Gasteiger partial charge in [0.2, 0.25) is 0 Å². The smallest absolute Gasteiger partial charge is 0.344 e. The summed E-state index contributed by atoms with van der Waals surface area (Å²) in [6, 6.07) is 9.21. The van der Waals surface area contributed by atoms with Crippen LogP contribution in [-0.4, -0.2) is 42.7 Å². The van der Waals surface area contributed by atoms with Crippen LogP contribution in [0.5, 0.6) is 11.5 Å². The molecular weight excluding hydrogens is 561 g/mol. The molecule has 0 bridgehead atoms. The van der Waals surface area contributed by atoms with Crippen molar-refractivity contribution in [2.45, 2.75) is 4.33 Å². The Labute approximate surface area is 219 Å². The Morgan fingerprint density at radius 2 is 1.12 bits per heavy atom. The molecule has 12 heteroatoms. The third kappa shape index (κ3) is 7.35. The molecule has 0 saturated heterocycles. The molecule has 1 aliphatic carbocycles. The van der Waals surface area contributed by atoms with Gasteiger partial charge in [0.1, 0.15) is 15.8 Å². The minimum absolute atomic E-state index is 0.0668. The van der Waals surface area contributed by atoms with Crippen LogP contribution in [0.3, 0.4) is 0 Å². The molecule has 0 radical (unpaired) electrons. The third-order valence-corrected chi connectivity index (χ3v) is 6.87. The standard InChI is InChI=1S/C21H16Cl6O6/c22-11-1-3-17(15(24)5-11)30-9-19(28)32-7-13-14(21(13,26)27)8-33-20(29)10-31-18-4-2-12(23)6-16(18)25/h1-6,13-14H,7-10H2. The summed E-state index contributed by atoms with van der Waals surface area (Å²) in [7, 11) is 0. The normalized spacial score (nSPS) is 18.4. The largest absolute Gasteiger partial charge is 0.480 e. The second-order valence-electron chi connectivity index (χ2n) is 6.98. The lowest BCUT2D eigenvalue weighted by molar-refractivity contribution is -0.148. The van der Waals surface area contributed by atoms with Gasteiger partial charge in [-0.3, -0.25) is 0 Å². The fraction of sp³-hybridized carbons (Fsp3) is 0.333. The van der Waals surface area contributed by atoms with E-state index in [4.69, 9.17) is 88.6 Å². The lowest BCUT2D eigenvalue weighted by atomic mass is 10.3. The number of ether oxygens (including phenoxy) is 4. The third-order valence-electron chi connectivity index (χ3n) is 4.69. The highest BCUT2D eigenvalue weighted by Gasteiger charge is 2.64. The van der Waals surface area contributed by atoms with E-state index in [2.05, 4.69) is 0 Å². The van der Waals surface area contributed by atoms with Crippen molar-refractivity contribution < 1.29 is 28.5 Å². The van der Waals surface area contributed by atoms with Crippen molar-refractivity contribution in [1.82, 2.24) is 0 Å². The molecule has 0 spiro atoms. The minimum Gasteiger partial charge on any atom is -0.480 e. The fourth-order valence-electron chi connectivity index (χ4n) is 2.82. The molecule has 0 N–H and O–H groups in total. The summed E-state index contributed by atoms with van der Waals surface area (Å²) < 4.78 is 19.7. The molecule has 2 unspecified atom stereocenters. The van der Waals surface area contributed by atoms with Gasteiger partial charge in [0.25, 0.3) is 0 Å². The van der Waals surface area contributed by atoms with Gasteiger partial charge in [-0.05, 0) is 36.4 Å². The first-order valence-electron chi connectivity index (χ1n) is 9.42. The van der Waals surface area contributed by atoms with Crippen LogP contribution in [0, 0.1) is 11.8 Å². The van der Waals surface area contributed by atoms with E-state index in [-0.39, 0.29) is 36.5 Å². The summed E-state index contributed by atoms with van der Waals surface area (Å²) in [4.78, 5) is 23.9. The maximum absolute atomic E-state index is 12.0. The Kier molecular flexibility index (Phi) is 9.12. The summed E-state index contributed by atoms with van der Waals surface area (Å²) in [6.07, 6.45) is 0. The molecule has 1 fully saturated rings. The quantitative estimate of drug-likeness (QED) is 0.245. The van der Waals surface area contributed by atoms with E-state index in [9.17, 15) is 9.59 Å². The van der Waals surface area contributed by atoms with Crippen LogP contribution >= 0.6 is 69.6 Å². The van der Waals surface area contributed by atoms with Crippen LogP contribution in [-0.2, 0) is 19.1 Å². The molecule has 178 valence electrons. The van der Waals surface area contributed by atoms with Gasteiger partial charge in [0.15, 0.2) is 13.2 Å². The van der Waals surface area contributed by atoms with Gasteiger partial charge in [0.05, 0.1) is 23.3 Å². The summed E-state index contributed by atoms with van der Waals surface area (Å²) in [5.74, 6) is -1.52. The van der Waals surface area contributed by atoms with Crippen LogP contribution in [0.4, 0.5) is 0 Å². The molecular formula is C21H16Cl6O6. The highest BCUT2D eigenvalue weighted by Crippen LogP contribution is 2.59. The highest BCUT2D eigenvalue weighted by atomic mass is 35.5. The number of rotatable bonds is 10. The lowest BCUT2D eigenvalue weighted by Gasteiger charge is -2.09. The van der Waals surface area contributed by atoms with Crippen LogP contribution in [0.15, 0.2) is 36.4 Å². The topological polar surface area (TPSA) is 71.1 Å². The molecule has 0 heterocycles. The average molecular weight is 577 g/mol. The maximum atomic E-state index is 12.0. The molecule has 0 amide bonds. The SMILES string of the molecule is O=C(COc1ccc(Cl)cc1Cl)OCC1C(COC(=O)COc2ccc(Cl)cc2Cl)C1(Cl)Cl. The maximum Gasteiger partial charge on any atom is 0.344 e. The number of alkyl halides is 2. The van der Waals surface area contributed by atoms with Crippen molar-refractivity contribution in [3.63, 3.8) is 0 Å². The zero-order chi connectivity index (χ0) is 24.2. The Morgan fingerprint density at radius 1 is 0.727 bits per heavy atom. The molecule has 2 aromatic rings. The average Bonchev–Trinajstić information content (AvgIpc) is 3.28. The summed E-state index contributed by atoms with van der Waals surface area (Å²) in [5.41, 5.74) is 0. The molecule has 6 nitrogen and oxygen atoms in total. The Balaban J connectivity index is 1.37. The van der Waals surface area contributed by atoms with E-state index in [1.54, 1.807) is 12.1 Å². The molecule has 0 aliphatic heterocycles. The lowest BCUT2D eigenvalue weighted by Crippen LogP contribution is -2.18. The van der Waals surface area contributed by atoms with E-state index >= 15 is 0 Å². The summed E-state index contributed by atoms with van der Waals surface area (Å²) in [6.45, 7) is -0.864. The van der Waals surface area contributed by atoms with E-state index in [1.165, 1.54) is 24.3 Å². The van der Waals surface area contributed by atoms with Gasteiger partial charge in [-0.1, -0.05) is 46.4 Å². The van der Waals surface area contributed by atoms with E-state index < -0.39 is 28.1 Å². The summed E-state index contributed by atoms with van der Waals surface area (Å²) in [5, 5.41) is 1.41. The predicted molar refractivity (Wildman–Crippen MR) is 127 cm³/mol. The summed E-state index contributed by atoms with van der Waals surface area (Å²) >= 11 is 36.0. The number of hydrogen-bond acceptors (Lipinski definition) is 6.